The fourth-order valence-corrected chi connectivity index (χ4v) is 0.310. The van der Waals surface area contributed by atoms with Gasteiger partial charge < -0.3 is 14.6 Å². The molecule has 0 aliphatic heterocycles. The average Bonchev–Trinajstić information content (AvgIpc) is 1.90. The van der Waals surface area contributed by atoms with Crippen LogP contribution in [0, 0.1) is 0 Å². The molecular weight excluding hydrogens is 132 g/mol. The second-order valence-corrected chi connectivity index (χ2v) is 1.93. The summed E-state index contributed by atoms with van der Waals surface area (Å²) in [7, 11) is 4.83. The summed E-state index contributed by atoms with van der Waals surface area (Å²) in [5, 5.41) is 8.73. The van der Waals surface area contributed by atoms with Crippen molar-refractivity contribution in [2.24, 2.45) is 0 Å². The highest BCUT2D eigenvalue weighted by atomic mass is 16.5. The molecule has 0 fully saturated rings. The zero-order valence-corrected chi connectivity index (χ0v) is 7.26. The van der Waals surface area contributed by atoms with E-state index in [0.717, 1.165) is 6.42 Å². The van der Waals surface area contributed by atoms with E-state index in [2.05, 4.69) is 9.47 Å². The normalized spacial score (nSPS) is 11.7. The van der Waals surface area contributed by atoms with Crippen LogP contribution < -0.4 is 0 Å². The predicted molar refractivity (Wildman–Crippen MR) is 41.1 cm³/mol. The first kappa shape index (κ1) is 12.5. The molecule has 0 aromatic rings. The predicted octanol–water partition coefficient (Wildman–Crippen LogP) is 0.666. The fraction of sp³-hybridized carbons (Fsp3) is 1.00. The highest BCUT2D eigenvalue weighted by molar-refractivity contribution is 4.45. The summed E-state index contributed by atoms with van der Waals surface area (Å²) in [6.07, 6.45) is 0.499. The van der Waals surface area contributed by atoms with Crippen LogP contribution in [0.25, 0.3) is 0 Å². The monoisotopic (exact) mass is 150 g/mol. The Morgan fingerprint density at radius 3 is 1.80 bits per heavy atom. The number of ether oxygens (including phenoxy) is 2. The van der Waals surface area contributed by atoms with Crippen molar-refractivity contribution in [3.05, 3.63) is 0 Å². The quantitative estimate of drug-likeness (QED) is 0.642. The first-order chi connectivity index (χ1) is 4.72. The van der Waals surface area contributed by atoms with Gasteiger partial charge in [-0.05, 0) is 6.42 Å². The zero-order chi connectivity index (χ0) is 8.41. The summed E-state index contributed by atoms with van der Waals surface area (Å²) in [5.74, 6) is 0. The molecule has 3 nitrogen and oxygen atoms in total. The fourth-order valence-electron chi connectivity index (χ4n) is 0.310. The number of methoxy groups -OCH3 is 2. The number of rotatable bonds is 3. The van der Waals surface area contributed by atoms with E-state index in [1.807, 2.05) is 6.92 Å². The molecule has 1 unspecified atom stereocenters. The Morgan fingerprint density at radius 2 is 1.70 bits per heavy atom. The Balaban J connectivity index is 0. The average molecular weight is 150 g/mol. The number of aliphatic hydroxyl groups excluding tert-OH is 1. The summed E-state index contributed by atoms with van der Waals surface area (Å²) >= 11 is 0. The summed E-state index contributed by atoms with van der Waals surface area (Å²) in [4.78, 5) is 0. The van der Waals surface area contributed by atoms with Crippen molar-refractivity contribution in [2.45, 2.75) is 19.4 Å². The molecule has 0 radical (unpaired) electrons. The second kappa shape index (κ2) is 11.6. The Bertz CT molecular complexity index is 48.1. The van der Waals surface area contributed by atoms with Gasteiger partial charge in [0.05, 0.1) is 12.7 Å². The van der Waals surface area contributed by atoms with E-state index in [4.69, 9.17) is 5.11 Å². The Morgan fingerprint density at radius 1 is 1.30 bits per heavy atom. The molecule has 0 spiro atoms. The zero-order valence-electron chi connectivity index (χ0n) is 7.26. The van der Waals surface area contributed by atoms with Crippen LogP contribution in [0.15, 0.2) is 0 Å². The SMILES string of the molecule is CCC(O)COC.COC. The van der Waals surface area contributed by atoms with E-state index >= 15 is 0 Å². The van der Waals surface area contributed by atoms with Gasteiger partial charge in [-0.3, -0.25) is 0 Å². The lowest BCUT2D eigenvalue weighted by Gasteiger charge is -2.02. The molecule has 0 aliphatic rings. The molecule has 0 aliphatic carbocycles. The molecule has 64 valence electrons. The summed E-state index contributed by atoms with van der Waals surface area (Å²) < 4.78 is 8.89. The van der Waals surface area contributed by atoms with Crippen LogP contribution in [0.4, 0.5) is 0 Å². The molecule has 10 heavy (non-hydrogen) atoms. The third-order valence-corrected chi connectivity index (χ3v) is 0.830. The minimum absolute atomic E-state index is 0.273. The summed E-state index contributed by atoms with van der Waals surface area (Å²) in [6.45, 7) is 2.38. The highest BCUT2D eigenvalue weighted by Gasteiger charge is 1.95. The Hall–Kier alpha value is -0.120. The van der Waals surface area contributed by atoms with Crippen LogP contribution in [0.1, 0.15) is 13.3 Å². The molecule has 1 N–H and O–H groups in total. The number of hydrogen-bond donors (Lipinski definition) is 1. The van der Waals surface area contributed by atoms with Crippen LogP contribution in [0.5, 0.6) is 0 Å². The van der Waals surface area contributed by atoms with Gasteiger partial charge in [-0.1, -0.05) is 6.92 Å². The minimum atomic E-state index is -0.273. The highest BCUT2D eigenvalue weighted by Crippen LogP contribution is 1.87. The van der Waals surface area contributed by atoms with Gasteiger partial charge >= 0.3 is 0 Å². The molecule has 0 amide bonds. The van der Waals surface area contributed by atoms with Crippen LogP contribution in [-0.4, -0.2) is 39.1 Å². The van der Waals surface area contributed by atoms with E-state index in [1.165, 1.54) is 0 Å². The molecule has 0 saturated heterocycles. The first-order valence-corrected chi connectivity index (χ1v) is 3.30. The third kappa shape index (κ3) is 15.7. The maximum atomic E-state index is 8.73. The van der Waals surface area contributed by atoms with Gasteiger partial charge in [-0.15, -0.1) is 0 Å². The standard InChI is InChI=1S/C5H12O2.C2H6O/c1-3-5(6)4-7-2;1-3-2/h5-6H,3-4H2,1-2H3;1-2H3. The molecule has 0 heterocycles. The Kier molecular flexibility index (Phi) is 14.6. The smallest absolute Gasteiger partial charge is 0.0770 e. The van der Waals surface area contributed by atoms with Gasteiger partial charge in [-0.2, -0.15) is 0 Å². The van der Waals surface area contributed by atoms with Gasteiger partial charge in [0.15, 0.2) is 0 Å². The molecule has 0 saturated carbocycles. The van der Waals surface area contributed by atoms with Crippen molar-refractivity contribution in [2.75, 3.05) is 27.9 Å². The van der Waals surface area contributed by atoms with E-state index in [9.17, 15) is 0 Å². The lowest BCUT2D eigenvalue weighted by Crippen LogP contribution is -2.11. The van der Waals surface area contributed by atoms with Crippen molar-refractivity contribution < 1.29 is 14.6 Å². The lowest BCUT2D eigenvalue weighted by atomic mass is 10.3. The van der Waals surface area contributed by atoms with Crippen LogP contribution in [0.2, 0.25) is 0 Å². The molecular formula is C7H18O3. The summed E-state index contributed by atoms with van der Waals surface area (Å²) in [5.41, 5.74) is 0. The number of aliphatic hydroxyl groups is 1. The third-order valence-electron chi connectivity index (χ3n) is 0.830. The molecule has 0 rings (SSSR count). The maximum Gasteiger partial charge on any atom is 0.0770 e. The van der Waals surface area contributed by atoms with Gasteiger partial charge in [0.2, 0.25) is 0 Å². The Labute approximate surface area is 63.0 Å². The van der Waals surface area contributed by atoms with Gasteiger partial charge in [0.1, 0.15) is 0 Å². The van der Waals surface area contributed by atoms with Crippen LogP contribution >= 0.6 is 0 Å². The van der Waals surface area contributed by atoms with Crippen molar-refractivity contribution in [3.8, 4) is 0 Å². The maximum absolute atomic E-state index is 8.73. The van der Waals surface area contributed by atoms with Crippen molar-refractivity contribution in [1.82, 2.24) is 0 Å². The lowest BCUT2D eigenvalue weighted by molar-refractivity contribution is 0.0625. The number of hydrogen-bond acceptors (Lipinski definition) is 3. The largest absolute Gasteiger partial charge is 0.391 e. The van der Waals surface area contributed by atoms with E-state index in [0.29, 0.717) is 6.61 Å². The van der Waals surface area contributed by atoms with E-state index in [-0.39, 0.29) is 6.10 Å². The minimum Gasteiger partial charge on any atom is -0.391 e. The molecule has 0 aromatic carbocycles. The van der Waals surface area contributed by atoms with Crippen molar-refractivity contribution in [3.63, 3.8) is 0 Å². The van der Waals surface area contributed by atoms with Crippen molar-refractivity contribution >= 4 is 0 Å². The summed E-state index contributed by atoms with van der Waals surface area (Å²) in [6, 6.07) is 0. The van der Waals surface area contributed by atoms with Crippen LogP contribution in [-0.2, 0) is 9.47 Å². The van der Waals surface area contributed by atoms with Gasteiger partial charge in [-0.25, -0.2) is 0 Å². The first-order valence-electron chi connectivity index (χ1n) is 3.30. The second-order valence-electron chi connectivity index (χ2n) is 1.93. The van der Waals surface area contributed by atoms with E-state index in [1.54, 1.807) is 21.3 Å². The van der Waals surface area contributed by atoms with Gasteiger partial charge in [0, 0.05) is 21.3 Å². The van der Waals surface area contributed by atoms with Crippen molar-refractivity contribution in [1.29, 1.82) is 0 Å². The van der Waals surface area contributed by atoms with Crippen LogP contribution in [0.3, 0.4) is 0 Å². The topological polar surface area (TPSA) is 38.7 Å². The molecule has 3 heteroatoms. The molecule has 0 aromatic heterocycles. The molecule has 0 bridgehead atoms. The molecule has 1 atom stereocenters. The van der Waals surface area contributed by atoms with Gasteiger partial charge in [0.25, 0.3) is 0 Å². The van der Waals surface area contributed by atoms with E-state index < -0.39 is 0 Å².